The summed E-state index contributed by atoms with van der Waals surface area (Å²) in [5, 5.41) is 20.1. The molecule has 2 aromatic heterocycles. The average molecular weight is 428 g/mol. The van der Waals surface area contributed by atoms with Gasteiger partial charge in [-0.2, -0.15) is 4.98 Å². The monoisotopic (exact) mass is 428 g/mol. The number of nitrogens with zero attached hydrogens (tertiary/aromatic N) is 6. The van der Waals surface area contributed by atoms with E-state index < -0.39 is 17.4 Å². The van der Waals surface area contributed by atoms with Crippen LogP contribution in [-0.2, 0) is 20.6 Å². The van der Waals surface area contributed by atoms with Crippen molar-refractivity contribution >= 4 is 17.1 Å². The number of piperazine rings is 1. The predicted octanol–water partition coefficient (Wildman–Crippen LogP) is -0.718. The molecule has 0 amide bonds. The summed E-state index contributed by atoms with van der Waals surface area (Å²) in [6.07, 6.45) is -0.838. The van der Waals surface area contributed by atoms with E-state index in [1.807, 2.05) is 30.3 Å². The Morgan fingerprint density at radius 2 is 1.71 bits per heavy atom. The van der Waals surface area contributed by atoms with Gasteiger partial charge in [-0.3, -0.25) is 18.8 Å². The summed E-state index contributed by atoms with van der Waals surface area (Å²) in [6.45, 7) is 3.70. The van der Waals surface area contributed by atoms with Gasteiger partial charge in [-0.15, -0.1) is 0 Å². The summed E-state index contributed by atoms with van der Waals surface area (Å²) in [5.74, 6) is 0.562. The van der Waals surface area contributed by atoms with Gasteiger partial charge < -0.3 is 19.7 Å². The highest BCUT2D eigenvalue weighted by molar-refractivity contribution is 5.74. The lowest BCUT2D eigenvalue weighted by atomic mass is 10.1. The van der Waals surface area contributed by atoms with E-state index >= 15 is 0 Å². The standard InChI is InChI=1S/C21H28N6O4/c1-23-18-17(19(30)24(2)21(23)31)27(14-16(29)15-6-4-3-5-7-15)20(22-18)26-10-8-25(9-11-26)12-13-28/h3-7,16,28-29H,8-14H2,1-2H3. The van der Waals surface area contributed by atoms with Crippen LogP contribution in [0.3, 0.4) is 0 Å². The number of anilines is 1. The predicted molar refractivity (Wildman–Crippen MR) is 117 cm³/mol. The first kappa shape index (κ1) is 21.3. The molecule has 0 saturated carbocycles. The minimum absolute atomic E-state index is 0.111. The fraction of sp³-hybridized carbons (Fsp3) is 0.476. The van der Waals surface area contributed by atoms with Crippen LogP contribution in [0.5, 0.6) is 0 Å². The molecular formula is C21H28N6O4. The number of β-amino-alcohol motifs (C(OH)–C–C–N with tert-alkyl or cyclic N) is 1. The Bertz CT molecular complexity index is 1170. The molecule has 10 heteroatoms. The molecule has 1 aliphatic heterocycles. The van der Waals surface area contributed by atoms with E-state index in [1.165, 1.54) is 11.6 Å². The van der Waals surface area contributed by atoms with Gasteiger partial charge in [-0.25, -0.2) is 4.79 Å². The maximum absolute atomic E-state index is 13.0. The van der Waals surface area contributed by atoms with Gasteiger partial charge in [-0.1, -0.05) is 30.3 Å². The van der Waals surface area contributed by atoms with Gasteiger partial charge in [0.1, 0.15) is 0 Å². The number of aromatic nitrogens is 4. The number of hydrogen-bond donors (Lipinski definition) is 2. The highest BCUT2D eigenvalue weighted by atomic mass is 16.3. The zero-order valence-electron chi connectivity index (χ0n) is 17.8. The van der Waals surface area contributed by atoms with Crippen LogP contribution >= 0.6 is 0 Å². The molecule has 1 aromatic carbocycles. The molecule has 0 aliphatic carbocycles. The molecule has 1 aliphatic rings. The smallest absolute Gasteiger partial charge is 0.332 e. The van der Waals surface area contributed by atoms with Crippen LogP contribution in [0, 0.1) is 0 Å². The second-order valence-corrected chi connectivity index (χ2v) is 7.88. The molecular weight excluding hydrogens is 400 g/mol. The van der Waals surface area contributed by atoms with Gasteiger partial charge in [0.25, 0.3) is 5.56 Å². The minimum atomic E-state index is -0.838. The third kappa shape index (κ3) is 3.89. The molecule has 1 unspecified atom stereocenters. The van der Waals surface area contributed by atoms with E-state index in [4.69, 9.17) is 0 Å². The number of rotatable bonds is 6. The van der Waals surface area contributed by atoms with Gasteiger partial charge in [-0.05, 0) is 5.56 Å². The molecule has 4 rings (SSSR count). The van der Waals surface area contributed by atoms with Crippen molar-refractivity contribution in [1.29, 1.82) is 0 Å². The van der Waals surface area contributed by atoms with Crippen LogP contribution in [0.2, 0.25) is 0 Å². The number of aliphatic hydroxyl groups is 2. The van der Waals surface area contributed by atoms with E-state index in [1.54, 1.807) is 11.6 Å². The molecule has 0 bridgehead atoms. The highest BCUT2D eigenvalue weighted by Gasteiger charge is 2.26. The largest absolute Gasteiger partial charge is 0.395 e. The summed E-state index contributed by atoms with van der Waals surface area (Å²) < 4.78 is 4.17. The second-order valence-electron chi connectivity index (χ2n) is 7.88. The van der Waals surface area contributed by atoms with E-state index in [2.05, 4.69) is 14.8 Å². The van der Waals surface area contributed by atoms with Crippen LogP contribution in [-0.4, -0.2) is 73.1 Å². The lowest BCUT2D eigenvalue weighted by Crippen LogP contribution is -2.48. The van der Waals surface area contributed by atoms with Crippen molar-refractivity contribution in [3.63, 3.8) is 0 Å². The number of aliphatic hydroxyl groups excluding tert-OH is 2. The number of aryl methyl sites for hydroxylation is 1. The summed E-state index contributed by atoms with van der Waals surface area (Å²) in [7, 11) is 3.04. The molecule has 1 atom stereocenters. The molecule has 0 spiro atoms. The van der Waals surface area contributed by atoms with Crippen molar-refractivity contribution in [1.82, 2.24) is 23.6 Å². The van der Waals surface area contributed by atoms with E-state index in [-0.39, 0.29) is 13.2 Å². The van der Waals surface area contributed by atoms with Crippen molar-refractivity contribution in [2.45, 2.75) is 12.6 Å². The fourth-order valence-electron chi connectivity index (χ4n) is 4.12. The van der Waals surface area contributed by atoms with Crippen LogP contribution in [0.4, 0.5) is 5.95 Å². The highest BCUT2D eigenvalue weighted by Crippen LogP contribution is 2.25. The lowest BCUT2D eigenvalue weighted by molar-refractivity contribution is 0.157. The second kappa shape index (κ2) is 8.66. The molecule has 31 heavy (non-hydrogen) atoms. The van der Waals surface area contributed by atoms with Gasteiger partial charge in [0.05, 0.1) is 19.3 Å². The van der Waals surface area contributed by atoms with Crippen molar-refractivity contribution in [2.24, 2.45) is 14.1 Å². The lowest BCUT2D eigenvalue weighted by Gasteiger charge is -2.35. The quantitative estimate of drug-likeness (QED) is 0.533. The minimum Gasteiger partial charge on any atom is -0.395 e. The number of benzene rings is 1. The maximum Gasteiger partial charge on any atom is 0.332 e. The maximum atomic E-state index is 13.0. The Kier molecular flexibility index (Phi) is 5.94. The summed E-state index contributed by atoms with van der Waals surface area (Å²) in [5.41, 5.74) is 0.472. The zero-order chi connectivity index (χ0) is 22.1. The Morgan fingerprint density at radius 1 is 1.03 bits per heavy atom. The summed E-state index contributed by atoms with van der Waals surface area (Å²) >= 11 is 0. The Balaban J connectivity index is 1.80. The molecule has 1 saturated heterocycles. The third-order valence-electron chi connectivity index (χ3n) is 5.94. The van der Waals surface area contributed by atoms with Crippen LogP contribution in [0.1, 0.15) is 11.7 Å². The molecule has 10 nitrogen and oxygen atoms in total. The average Bonchev–Trinajstić information content (AvgIpc) is 3.17. The molecule has 0 radical (unpaired) electrons. The van der Waals surface area contributed by atoms with Gasteiger partial charge in [0, 0.05) is 46.8 Å². The fourth-order valence-corrected chi connectivity index (χ4v) is 4.12. The van der Waals surface area contributed by atoms with Crippen LogP contribution in [0.25, 0.3) is 11.2 Å². The number of hydrogen-bond acceptors (Lipinski definition) is 7. The first-order chi connectivity index (χ1) is 14.9. The van der Waals surface area contributed by atoms with E-state index in [0.717, 1.165) is 23.2 Å². The SMILES string of the molecule is Cn1c(=O)c2c(nc(N3CCN(CCO)CC3)n2CC(O)c2ccccc2)n(C)c1=O. The van der Waals surface area contributed by atoms with Crippen LogP contribution in [0.15, 0.2) is 39.9 Å². The van der Waals surface area contributed by atoms with Crippen molar-refractivity contribution in [3.05, 3.63) is 56.7 Å². The summed E-state index contributed by atoms with van der Waals surface area (Å²) in [6, 6.07) is 9.27. The Hall–Kier alpha value is -2.95. The molecule has 166 valence electrons. The van der Waals surface area contributed by atoms with Crippen molar-refractivity contribution < 1.29 is 10.2 Å². The number of fused-ring (bicyclic) bond motifs is 1. The first-order valence-corrected chi connectivity index (χ1v) is 10.4. The third-order valence-corrected chi connectivity index (χ3v) is 5.94. The molecule has 2 N–H and O–H groups in total. The van der Waals surface area contributed by atoms with Gasteiger partial charge in [0.15, 0.2) is 11.2 Å². The topological polar surface area (TPSA) is 109 Å². The zero-order valence-corrected chi connectivity index (χ0v) is 17.8. The normalized spacial score (nSPS) is 16.2. The van der Waals surface area contributed by atoms with Crippen LogP contribution < -0.4 is 16.1 Å². The summed E-state index contributed by atoms with van der Waals surface area (Å²) in [4.78, 5) is 34.4. The molecule has 3 aromatic rings. The first-order valence-electron chi connectivity index (χ1n) is 10.4. The molecule has 3 heterocycles. The van der Waals surface area contributed by atoms with Gasteiger partial charge >= 0.3 is 5.69 Å². The van der Waals surface area contributed by atoms with Crippen molar-refractivity contribution in [3.8, 4) is 0 Å². The van der Waals surface area contributed by atoms with E-state index in [0.29, 0.717) is 36.7 Å². The Labute approximate surface area is 179 Å². The number of imidazole rings is 1. The Morgan fingerprint density at radius 3 is 2.35 bits per heavy atom. The van der Waals surface area contributed by atoms with Crippen molar-refractivity contribution in [2.75, 3.05) is 44.2 Å². The van der Waals surface area contributed by atoms with Gasteiger partial charge in [0.2, 0.25) is 5.95 Å². The van der Waals surface area contributed by atoms with E-state index in [9.17, 15) is 19.8 Å². The molecule has 1 fully saturated rings.